The van der Waals surface area contributed by atoms with E-state index in [0.29, 0.717) is 0 Å². The first-order chi connectivity index (χ1) is 5.04. The molecule has 1 radical (unpaired) electrons. The minimum Gasteiger partial charge on any atom is -0.388 e. The molecule has 1 unspecified atom stereocenters. The van der Waals surface area contributed by atoms with Crippen molar-refractivity contribution < 1.29 is 5.11 Å². The maximum atomic E-state index is 9.43. The molecule has 0 aliphatic heterocycles. The Balaban J connectivity index is 3.87. The van der Waals surface area contributed by atoms with Gasteiger partial charge in [-0.3, -0.25) is 0 Å². The SMILES string of the molecule is [CH]=CC(O)C(C)(C)CCCC. The van der Waals surface area contributed by atoms with Gasteiger partial charge >= 0.3 is 0 Å². The third-order valence-electron chi connectivity index (χ3n) is 2.16. The molecule has 0 aromatic carbocycles. The highest BCUT2D eigenvalue weighted by Crippen LogP contribution is 2.27. The van der Waals surface area contributed by atoms with Gasteiger partial charge in [-0.05, 0) is 11.8 Å². The van der Waals surface area contributed by atoms with Crippen LogP contribution in [0.25, 0.3) is 0 Å². The molecule has 0 amide bonds. The zero-order valence-electron chi connectivity index (χ0n) is 7.80. The average Bonchev–Trinajstić information content (AvgIpc) is 1.99. The van der Waals surface area contributed by atoms with E-state index in [1.54, 1.807) is 0 Å². The van der Waals surface area contributed by atoms with Crippen molar-refractivity contribution in [2.75, 3.05) is 0 Å². The topological polar surface area (TPSA) is 20.2 Å². The van der Waals surface area contributed by atoms with E-state index in [-0.39, 0.29) is 5.41 Å². The average molecular weight is 155 g/mol. The molecule has 1 heteroatoms. The Hall–Kier alpha value is -0.300. The standard InChI is InChI=1S/C10H19O/c1-5-7-8-10(3,4)9(11)6-2/h2,6,9,11H,5,7-8H2,1,3-4H3. The van der Waals surface area contributed by atoms with E-state index in [2.05, 4.69) is 6.92 Å². The normalized spacial score (nSPS) is 14.5. The summed E-state index contributed by atoms with van der Waals surface area (Å²) in [6.07, 6.45) is 4.24. The van der Waals surface area contributed by atoms with Gasteiger partial charge in [-0.1, -0.05) is 46.3 Å². The molecule has 0 aliphatic rings. The van der Waals surface area contributed by atoms with Gasteiger partial charge in [0, 0.05) is 0 Å². The summed E-state index contributed by atoms with van der Waals surface area (Å²) in [6.45, 7) is 11.5. The van der Waals surface area contributed by atoms with Crippen LogP contribution in [0.4, 0.5) is 0 Å². The highest BCUT2D eigenvalue weighted by Gasteiger charge is 2.24. The second-order valence-corrected chi connectivity index (χ2v) is 3.73. The van der Waals surface area contributed by atoms with Crippen molar-refractivity contribution in [3.8, 4) is 0 Å². The molecule has 0 saturated heterocycles. The lowest BCUT2D eigenvalue weighted by Crippen LogP contribution is -2.27. The van der Waals surface area contributed by atoms with Crippen LogP contribution in [0.15, 0.2) is 6.08 Å². The third-order valence-corrected chi connectivity index (χ3v) is 2.16. The molecule has 11 heavy (non-hydrogen) atoms. The van der Waals surface area contributed by atoms with Crippen LogP contribution < -0.4 is 0 Å². The highest BCUT2D eigenvalue weighted by molar-refractivity contribution is 4.88. The summed E-state index contributed by atoms with van der Waals surface area (Å²) in [7, 11) is 0. The van der Waals surface area contributed by atoms with Crippen molar-refractivity contribution in [3.05, 3.63) is 12.7 Å². The zero-order chi connectivity index (χ0) is 8.91. The Labute approximate surface area is 70.1 Å². The molecule has 0 bridgehead atoms. The molecular weight excluding hydrogens is 136 g/mol. The molecule has 0 aromatic heterocycles. The van der Waals surface area contributed by atoms with Gasteiger partial charge in [0.1, 0.15) is 0 Å². The number of unbranched alkanes of at least 4 members (excludes halogenated alkanes) is 1. The van der Waals surface area contributed by atoms with Gasteiger partial charge in [0.15, 0.2) is 0 Å². The molecule has 0 aromatic rings. The molecule has 0 heterocycles. The van der Waals surface area contributed by atoms with Gasteiger partial charge in [0.05, 0.1) is 6.10 Å². The Morgan fingerprint density at radius 1 is 1.55 bits per heavy atom. The molecule has 0 saturated carbocycles. The van der Waals surface area contributed by atoms with Gasteiger partial charge in [0.2, 0.25) is 0 Å². The van der Waals surface area contributed by atoms with Crippen molar-refractivity contribution in [3.63, 3.8) is 0 Å². The zero-order valence-corrected chi connectivity index (χ0v) is 7.80. The first kappa shape index (κ1) is 10.7. The van der Waals surface area contributed by atoms with Crippen LogP contribution in [0.5, 0.6) is 0 Å². The molecule has 65 valence electrons. The lowest BCUT2D eigenvalue weighted by Gasteiger charge is -2.28. The number of aliphatic hydroxyl groups excluding tert-OH is 1. The Morgan fingerprint density at radius 3 is 2.45 bits per heavy atom. The largest absolute Gasteiger partial charge is 0.388 e. The highest BCUT2D eigenvalue weighted by atomic mass is 16.3. The minimum absolute atomic E-state index is 0.0647. The fraction of sp³-hybridized carbons (Fsp3) is 0.800. The van der Waals surface area contributed by atoms with Crippen molar-refractivity contribution in [2.24, 2.45) is 5.41 Å². The van der Waals surface area contributed by atoms with Crippen molar-refractivity contribution >= 4 is 0 Å². The van der Waals surface area contributed by atoms with Crippen molar-refractivity contribution in [1.29, 1.82) is 0 Å². The monoisotopic (exact) mass is 155 g/mol. The van der Waals surface area contributed by atoms with Gasteiger partial charge in [0.25, 0.3) is 0 Å². The maximum Gasteiger partial charge on any atom is 0.0774 e. The van der Waals surface area contributed by atoms with Crippen LogP contribution in [0.3, 0.4) is 0 Å². The van der Waals surface area contributed by atoms with E-state index in [1.165, 1.54) is 12.5 Å². The fourth-order valence-corrected chi connectivity index (χ4v) is 1.04. The van der Waals surface area contributed by atoms with Crippen LogP contribution in [0.2, 0.25) is 0 Å². The molecule has 1 nitrogen and oxygen atoms in total. The summed E-state index contributed by atoms with van der Waals surface area (Å²) in [5.74, 6) is 0. The Bertz CT molecular complexity index is 116. The first-order valence-electron chi connectivity index (χ1n) is 4.27. The Kier molecular flexibility index (Phi) is 4.43. The van der Waals surface area contributed by atoms with Crippen LogP contribution in [-0.4, -0.2) is 11.2 Å². The molecular formula is C10H19O. The summed E-state index contributed by atoms with van der Waals surface area (Å²) in [6, 6.07) is 0. The lowest BCUT2D eigenvalue weighted by molar-refractivity contribution is 0.0816. The second kappa shape index (κ2) is 4.55. The predicted molar refractivity (Wildman–Crippen MR) is 48.2 cm³/mol. The van der Waals surface area contributed by atoms with Crippen molar-refractivity contribution in [1.82, 2.24) is 0 Å². The van der Waals surface area contributed by atoms with Gasteiger partial charge < -0.3 is 5.11 Å². The van der Waals surface area contributed by atoms with Crippen LogP contribution in [0.1, 0.15) is 40.0 Å². The van der Waals surface area contributed by atoms with E-state index < -0.39 is 6.10 Å². The molecule has 1 N–H and O–H groups in total. The van der Waals surface area contributed by atoms with Gasteiger partial charge in [-0.2, -0.15) is 0 Å². The van der Waals surface area contributed by atoms with E-state index in [4.69, 9.17) is 6.58 Å². The fourth-order valence-electron chi connectivity index (χ4n) is 1.04. The molecule has 0 fully saturated rings. The number of hydrogen-bond donors (Lipinski definition) is 1. The lowest BCUT2D eigenvalue weighted by atomic mass is 9.82. The third kappa shape index (κ3) is 3.57. The van der Waals surface area contributed by atoms with E-state index >= 15 is 0 Å². The van der Waals surface area contributed by atoms with E-state index in [0.717, 1.165) is 12.8 Å². The number of rotatable bonds is 5. The van der Waals surface area contributed by atoms with E-state index in [9.17, 15) is 5.11 Å². The first-order valence-corrected chi connectivity index (χ1v) is 4.27. The molecule has 0 aliphatic carbocycles. The Morgan fingerprint density at radius 2 is 2.09 bits per heavy atom. The van der Waals surface area contributed by atoms with Gasteiger partial charge in [-0.25, -0.2) is 0 Å². The summed E-state index contributed by atoms with van der Waals surface area (Å²) in [4.78, 5) is 0. The quantitative estimate of drug-likeness (QED) is 0.647. The van der Waals surface area contributed by atoms with Crippen molar-refractivity contribution in [2.45, 2.75) is 46.1 Å². The summed E-state index contributed by atoms with van der Waals surface area (Å²) in [5.41, 5.74) is -0.0647. The van der Waals surface area contributed by atoms with Crippen LogP contribution in [-0.2, 0) is 0 Å². The van der Waals surface area contributed by atoms with E-state index in [1.807, 2.05) is 13.8 Å². The van der Waals surface area contributed by atoms with Crippen LogP contribution in [0, 0.1) is 12.0 Å². The minimum atomic E-state index is -0.478. The molecule has 0 rings (SSSR count). The summed E-state index contributed by atoms with van der Waals surface area (Å²) in [5, 5.41) is 9.43. The second-order valence-electron chi connectivity index (χ2n) is 3.73. The molecule has 1 atom stereocenters. The molecule has 0 spiro atoms. The smallest absolute Gasteiger partial charge is 0.0774 e. The number of hydrogen-bond acceptors (Lipinski definition) is 1. The van der Waals surface area contributed by atoms with Gasteiger partial charge in [-0.15, -0.1) is 0 Å². The number of aliphatic hydroxyl groups is 1. The maximum absolute atomic E-state index is 9.43. The summed E-state index contributed by atoms with van der Waals surface area (Å²) < 4.78 is 0. The van der Waals surface area contributed by atoms with Crippen LogP contribution >= 0.6 is 0 Å². The summed E-state index contributed by atoms with van der Waals surface area (Å²) >= 11 is 0. The predicted octanol–water partition coefficient (Wildman–Crippen LogP) is 2.55.